The fraction of sp³-hybridized carbons (Fsp3) is 1.00. The van der Waals surface area contributed by atoms with Gasteiger partial charge in [0.25, 0.3) is 0 Å². The molecule has 0 bridgehead atoms. The zero-order valence-electron chi connectivity index (χ0n) is 4.92. The van der Waals surface area contributed by atoms with Crippen LogP contribution in [-0.4, -0.2) is 29.2 Å². The third kappa shape index (κ3) is 215. The van der Waals surface area contributed by atoms with E-state index in [2.05, 4.69) is 0 Å². The van der Waals surface area contributed by atoms with Gasteiger partial charge in [-0.3, -0.25) is 10.1 Å². The average Bonchev–Trinajstić information content (AvgIpc) is 1.33. The van der Waals surface area contributed by atoms with E-state index in [1.165, 1.54) is 0 Å². The van der Waals surface area contributed by atoms with Crippen molar-refractivity contribution in [3.63, 3.8) is 0 Å². The highest BCUT2D eigenvalue weighted by molar-refractivity contribution is 3.91. The number of hydrogen-bond acceptors (Lipinski definition) is 3. The van der Waals surface area contributed by atoms with Crippen LogP contribution in [0.1, 0.15) is 6.92 Å². The molecule has 0 aromatic heterocycles. The molecule has 5 nitrogen and oxygen atoms in total. The van der Waals surface area contributed by atoms with Crippen LogP contribution in [0.2, 0.25) is 0 Å². The second-order valence-electron chi connectivity index (χ2n) is 0.756. The third-order valence-electron chi connectivity index (χ3n) is 0. The van der Waals surface area contributed by atoms with Gasteiger partial charge in [0.1, 0.15) is 0 Å². The van der Waals surface area contributed by atoms with E-state index in [9.17, 15) is 0 Å². The maximum atomic E-state index is 8.81. The molecule has 0 spiro atoms. The lowest BCUT2D eigenvalue weighted by atomic mass is 10.9. The van der Waals surface area contributed by atoms with Crippen molar-refractivity contribution in [2.24, 2.45) is 0 Å². The summed E-state index contributed by atoms with van der Waals surface area (Å²) >= 11 is 0. The monoisotopic (exact) mass is 125 g/mol. The molecule has 0 radical (unpaired) electrons. The Kier molecular flexibility index (Phi) is 31.8. The summed E-state index contributed by atoms with van der Waals surface area (Å²) in [5.41, 5.74) is 0. The molecule has 0 aliphatic heterocycles. The first kappa shape index (κ1) is 15.7. The van der Waals surface area contributed by atoms with Gasteiger partial charge in [-0.15, -0.1) is 0 Å². The van der Waals surface area contributed by atoms with Gasteiger partial charge >= 0.3 is 0 Å². The van der Waals surface area contributed by atoms with Crippen molar-refractivity contribution in [2.45, 2.75) is 6.92 Å². The Morgan fingerprint density at radius 1 is 1.75 bits per heavy atom. The fourth-order valence-electron chi connectivity index (χ4n) is 0. The van der Waals surface area contributed by atoms with Crippen molar-refractivity contribution in [1.29, 1.82) is 0 Å². The summed E-state index contributed by atoms with van der Waals surface area (Å²) in [6.07, 6.45) is 0. The van der Waals surface area contributed by atoms with Gasteiger partial charge in [0.15, 0.2) is 7.05 Å². The molecular formula is C3H11NO4. The van der Waals surface area contributed by atoms with E-state index in [1.807, 2.05) is 0 Å². The standard InChI is InChI=1S/C2H6O.CH3NO2.H2O/c1-2-3;1-2(3)4;/h3H,2H2,1H3;1H3;1H2. The summed E-state index contributed by atoms with van der Waals surface area (Å²) in [5.74, 6) is 0. The maximum absolute atomic E-state index is 8.81. The van der Waals surface area contributed by atoms with Crippen LogP contribution >= 0.6 is 0 Å². The first-order valence-corrected chi connectivity index (χ1v) is 1.84. The summed E-state index contributed by atoms with van der Waals surface area (Å²) in [7, 11) is 0.889. The molecule has 0 aliphatic rings. The van der Waals surface area contributed by atoms with E-state index in [-0.39, 0.29) is 12.1 Å². The van der Waals surface area contributed by atoms with Crippen molar-refractivity contribution < 1.29 is 15.5 Å². The van der Waals surface area contributed by atoms with E-state index in [0.29, 0.717) is 0 Å². The first-order valence-electron chi connectivity index (χ1n) is 1.84. The van der Waals surface area contributed by atoms with Crippen molar-refractivity contribution in [3.05, 3.63) is 10.1 Å². The molecule has 0 aromatic carbocycles. The number of rotatable bonds is 0. The SMILES string of the molecule is CCO.C[N+](=O)[O-].O. The molecule has 0 rings (SSSR count). The largest absolute Gasteiger partial charge is 0.412 e. The van der Waals surface area contributed by atoms with Gasteiger partial charge in [-0.05, 0) is 6.92 Å². The number of hydrogen-bond donors (Lipinski definition) is 1. The van der Waals surface area contributed by atoms with Gasteiger partial charge in [0.2, 0.25) is 0 Å². The molecule has 52 valence electrons. The molecule has 0 aliphatic carbocycles. The Hall–Kier alpha value is -0.680. The molecule has 0 fully saturated rings. The van der Waals surface area contributed by atoms with Crippen LogP contribution in [0.15, 0.2) is 0 Å². The summed E-state index contributed by atoms with van der Waals surface area (Å²) in [5, 5.41) is 16.4. The summed E-state index contributed by atoms with van der Waals surface area (Å²) in [6, 6.07) is 0. The fourth-order valence-corrected chi connectivity index (χ4v) is 0. The van der Waals surface area contributed by atoms with Crippen LogP contribution < -0.4 is 0 Å². The molecule has 0 saturated heterocycles. The van der Waals surface area contributed by atoms with Crippen LogP contribution in [0.5, 0.6) is 0 Å². The molecular weight excluding hydrogens is 114 g/mol. The Balaban J connectivity index is -0.0000000575. The number of nitro groups is 1. The minimum atomic E-state index is -0.500. The van der Waals surface area contributed by atoms with Gasteiger partial charge in [-0.1, -0.05) is 0 Å². The number of aliphatic hydroxyl groups is 1. The van der Waals surface area contributed by atoms with Gasteiger partial charge in [-0.2, -0.15) is 0 Å². The normalized spacial score (nSPS) is 5.38. The van der Waals surface area contributed by atoms with E-state index >= 15 is 0 Å². The highest BCUT2D eigenvalue weighted by Gasteiger charge is 1.57. The Morgan fingerprint density at radius 3 is 1.75 bits per heavy atom. The molecule has 0 amide bonds. The van der Waals surface area contributed by atoms with Gasteiger partial charge < -0.3 is 10.6 Å². The van der Waals surface area contributed by atoms with E-state index < -0.39 is 4.92 Å². The third-order valence-corrected chi connectivity index (χ3v) is 0. The zero-order chi connectivity index (χ0) is 6.28. The Bertz CT molecular complexity index is 42.5. The lowest BCUT2D eigenvalue weighted by molar-refractivity contribution is -0.445. The van der Waals surface area contributed by atoms with Crippen LogP contribution in [-0.2, 0) is 0 Å². The van der Waals surface area contributed by atoms with Crippen LogP contribution in [0.3, 0.4) is 0 Å². The Morgan fingerprint density at radius 2 is 1.75 bits per heavy atom. The highest BCUT2D eigenvalue weighted by atomic mass is 16.6. The Labute approximate surface area is 47.4 Å². The topological polar surface area (TPSA) is 94.9 Å². The van der Waals surface area contributed by atoms with Gasteiger partial charge in [-0.25, -0.2) is 0 Å². The summed E-state index contributed by atoms with van der Waals surface area (Å²) < 4.78 is 0. The molecule has 0 aromatic rings. The number of nitrogens with zero attached hydrogens (tertiary/aromatic N) is 1. The molecule has 3 N–H and O–H groups in total. The second kappa shape index (κ2) is 16.2. The smallest absolute Gasteiger partial charge is 0.194 e. The van der Waals surface area contributed by atoms with Crippen molar-refractivity contribution >= 4 is 0 Å². The highest BCUT2D eigenvalue weighted by Crippen LogP contribution is 1.39. The molecule has 0 unspecified atom stereocenters. The van der Waals surface area contributed by atoms with Gasteiger partial charge in [0, 0.05) is 11.5 Å². The molecule has 5 heteroatoms. The minimum Gasteiger partial charge on any atom is -0.412 e. The van der Waals surface area contributed by atoms with E-state index in [4.69, 9.17) is 15.2 Å². The number of aliphatic hydroxyl groups excluding tert-OH is 1. The van der Waals surface area contributed by atoms with Crippen LogP contribution in [0, 0.1) is 10.1 Å². The molecule has 8 heavy (non-hydrogen) atoms. The molecule has 0 heterocycles. The van der Waals surface area contributed by atoms with Crippen molar-refractivity contribution in [2.75, 3.05) is 13.7 Å². The minimum absolute atomic E-state index is 0. The zero-order valence-corrected chi connectivity index (χ0v) is 4.92. The van der Waals surface area contributed by atoms with Crippen LogP contribution in [0.4, 0.5) is 0 Å². The lowest BCUT2D eigenvalue weighted by Gasteiger charge is -1.63. The maximum Gasteiger partial charge on any atom is 0.194 e. The quantitative estimate of drug-likeness (QED) is 0.334. The van der Waals surface area contributed by atoms with Gasteiger partial charge in [0.05, 0.1) is 0 Å². The average molecular weight is 125 g/mol. The predicted octanol–water partition coefficient (Wildman–Crippen LogP) is -0.933. The first-order chi connectivity index (χ1) is 3.15. The predicted molar refractivity (Wildman–Crippen MR) is 29.3 cm³/mol. The van der Waals surface area contributed by atoms with Crippen molar-refractivity contribution in [1.82, 2.24) is 0 Å². The van der Waals surface area contributed by atoms with E-state index in [0.717, 1.165) is 7.05 Å². The summed E-state index contributed by atoms with van der Waals surface area (Å²) in [4.78, 5) is 8.31. The molecule has 0 saturated carbocycles. The lowest BCUT2D eigenvalue weighted by Crippen LogP contribution is -1.79. The van der Waals surface area contributed by atoms with Crippen LogP contribution in [0.25, 0.3) is 0 Å². The van der Waals surface area contributed by atoms with E-state index in [1.54, 1.807) is 6.92 Å². The second-order valence-corrected chi connectivity index (χ2v) is 0.756. The van der Waals surface area contributed by atoms with Crippen molar-refractivity contribution in [3.8, 4) is 0 Å². The summed E-state index contributed by atoms with van der Waals surface area (Å²) in [6.45, 7) is 1.93. The molecule has 0 atom stereocenters.